The van der Waals surface area contributed by atoms with Crippen molar-refractivity contribution < 1.29 is 24.2 Å². The van der Waals surface area contributed by atoms with Gasteiger partial charge in [0.15, 0.2) is 0 Å². The van der Waals surface area contributed by atoms with Crippen molar-refractivity contribution in [2.24, 2.45) is 11.8 Å². The van der Waals surface area contributed by atoms with Gasteiger partial charge in [-0.1, -0.05) is 6.92 Å². The Labute approximate surface area is 155 Å². The molecule has 0 bridgehead atoms. The first kappa shape index (κ1) is 19.2. The van der Waals surface area contributed by atoms with Gasteiger partial charge in [0.1, 0.15) is 12.4 Å². The lowest BCUT2D eigenvalue weighted by atomic mass is 9.79. The van der Waals surface area contributed by atoms with Crippen LogP contribution in [0.1, 0.15) is 27.2 Å². The Kier molecular flexibility index (Phi) is 5.04. The molecule has 144 valence electrons. The van der Waals surface area contributed by atoms with Crippen molar-refractivity contribution in [3.63, 3.8) is 0 Å². The number of halogens is 1. The third-order valence-corrected chi connectivity index (χ3v) is 7.08. The highest BCUT2D eigenvalue weighted by atomic mass is 32.2. The van der Waals surface area contributed by atoms with Crippen LogP contribution in [-0.4, -0.2) is 74.4 Å². The molecule has 3 heterocycles. The minimum atomic E-state index is -1.15. The average Bonchev–Trinajstić information content (AvgIpc) is 3.06. The lowest BCUT2D eigenvalue weighted by Crippen LogP contribution is -2.63. The van der Waals surface area contributed by atoms with Gasteiger partial charge in [0.25, 0.3) is 0 Å². The number of hydrogen-bond donors (Lipinski definition) is 3. The molecule has 1 amide bonds. The number of aliphatic hydroxyl groups is 1. The molecule has 3 N–H and O–H groups in total. The minimum Gasteiger partial charge on any atom is -0.477 e. The molecule has 5 unspecified atom stereocenters. The van der Waals surface area contributed by atoms with Crippen molar-refractivity contribution in [1.82, 2.24) is 9.80 Å². The number of fused-ring (bicyclic) bond motifs is 1. The van der Waals surface area contributed by atoms with E-state index in [2.05, 4.69) is 0 Å². The molecule has 2 saturated heterocycles. The predicted octanol–water partition coefficient (Wildman–Crippen LogP) is 1.28. The Hall–Kier alpha value is -1.61. The molecule has 9 heteroatoms. The molecule has 0 aromatic rings. The van der Waals surface area contributed by atoms with Gasteiger partial charge in [-0.2, -0.15) is 0 Å². The van der Waals surface area contributed by atoms with Crippen LogP contribution in [-0.2, 0) is 9.59 Å². The van der Waals surface area contributed by atoms with Crippen LogP contribution >= 0.6 is 11.8 Å². The van der Waals surface area contributed by atoms with Crippen LogP contribution in [0.25, 0.3) is 0 Å². The number of likely N-dealkylation sites (tertiary alicyclic amines) is 1. The summed E-state index contributed by atoms with van der Waals surface area (Å²) in [5.41, 5.74) is -0.00350. The maximum Gasteiger partial charge on any atom is 0.353 e. The number of nitrogens with one attached hydrogen (secondary N) is 1. The Morgan fingerprint density at radius 2 is 2.15 bits per heavy atom. The van der Waals surface area contributed by atoms with Crippen LogP contribution < -0.4 is 0 Å². The zero-order valence-corrected chi connectivity index (χ0v) is 15.8. The van der Waals surface area contributed by atoms with Crippen LogP contribution in [0.15, 0.2) is 10.6 Å². The van der Waals surface area contributed by atoms with Crippen LogP contribution in [0.3, 0.4) is 0 Å². The lowest BCUT2D eigenvalue weighted by Gasteiger charge is -2.46. The zero-order valence-electron chi connectivity index (χ0n) is 15.0. The number of β-lactam (4-membered cyclic amide) rings is 1. The summed E-state index contributed by atoms with van der Waals surface area (Å²) in [7, 11) is 0. The summed E-state index contributed by atoms with van der Waals surface area (Å²) >= 11 is 1.38. The molecular formula is C17H24FN3O4S. The van der Waals surface area contributed by atoms with E-state index in [1.165, 1.54) is 16.7 Å². The van der Waals surface area contributed by atoms with Crippen LogP contribution in [0.2, 0.25) is 0 Å². The lowest BCUT2D eigenvalue weighted by molar-refractivity contribution is -0.163. The standard InChI is InChI=1S/C17H24FN3O4S/c1-7-13-12(8(2)22)16(23)21(13)14(17(24)25)15(7)26-11-4-10(5-18)20(6-11)9(3)19/h7-8,10-13,19,22H,4-6H2,1-3H3,(H,24,25)/t7?,8?,10?,11?,12?,13-/m1/s1. The van der Waals surface area contributed by atoms with E-state index in [0.29, 0.717) is 23.7 Å². The highest BCUT2D eigenvalue weighted by Crippen LogP contribution is 2.52. The Morgan fingerprint density at radius 1 is 1.50 bits per heavy atom. The van der Waals surface area contributed by atoms with E-state index in [1.54, 1.807) is 18.7 Å². The highest BCUT2D eigenvalue weighted by Gasteiger charge is 2.60. The molecule has 0 aromatic carbocycles. The Bertz CT molecular complexity index is 683. The van der Waals surface area contributed by atoms with Crippen molar-refractivity contribution in [3.05, 3.63) is 10.6 Å². The second-order valence-electron chi connectivity index (χ2n) is 7.29. The van der Waals surface area contributed by atoms with Crippen LogP contribution in [0.4, 0.5) is 4.39 Å². The number of rotatable bonds is 5. The van der Waals surface area contributed by atoms with Gasteiger partial charge in [0.05, 0.1) is 29.9 Å². The summed E-state index contributed by atoms with van der Waals surface area (Å²) in [6, 6.07) is -0.700. The molecule has 0 radical (unpaired) electrons. The number of amides is 1. The first-order valence-electron chi connectivity index (χ1n) is 8.72. The van der Waals surface area contributed by atoms with Gasteiger partial charge in [0.2, 0.25) is 5.91 Å². The van der Waals surface area contributed by atoms with Gasteiger partial charge in [-0.3, -0.25) is 10.2 Å². The highest BCUT2D eigenvalue weighted by molar-refractivity contribution is 8.03. The summed E-state index contributed by atoms with van der Waals surface area (Å²) in [6.45, 7) is 4.97. The fourth-order valence-electron chi connectivity index (χ4n) is 4.37. The Morgan fingerprint density at radius 3 is 2.62 bits per heavy atom. The SMILES string of the molecule is CC(=N)N1CC(SC2=C(C(=O)O)N3C(=O)C(C(C)O)[C@H]3C2C)CC1CF. The maximum absolute atomic E-state index is 13.3. The molecule has 0 spiro atoms. The largest absolute Gasteiger partial charge is 0.477 e. The summed E-state index contributed by atoms with van der Waals surface area (Å²) in [6.07, 6.45) is -0.303. The van der Waals surface area contributed by atoms with Crippen molar-refractivity contribution in [1.29, 1.82) is 5.41 Å². The number of aliphatic carboxylic acids is 1. The number of thioether (sulfide) groups is 1. The summed E-state index contributed by atoms with van der Waals surface area (Å²) in [5, 5.41) is 27.3. The van der Waals surface area contributed by atoms with E-state index < -0.39 is 24.7 Å². The maximum atomic E-state index is 13.3. The van der Waals surface area contributed by atoms with Gasteiger partial charge in [0, 0.05) is 22.6 Å². The smallest absolute Gasteiger partial charge is 0.353 e. The molecule has 2 fully saturated rings. The summed E-state index contributed by atoms with van der Waals surface area (Å²) in [5.74, 6) is -1.98. The number of aliphatic hydroxyl groups excluding tert-OH is 1. The second kappa shape index (κ2) is 6.84. The average molecular weight is 385 g/mol. The van der Waals surface area contributed by atoms with Gasteiger partial charge in [-0.15, -0.1) is 11.8 Å². The van der Waals surface area contributed by atoms with E-state index in [1.807, 2.05) is 6.92 Å². The molecule has 0 aliphatic carbocycles. The van der Waals surface area contributed by atoms with E-state index in [-0.39, 0.29) is 34.9 Å². The Balaban J connectivity index is 1.84. The number of nitrogens with zero attached hydrogens (tertiary/aromatic N) is 2. The number of amidine groups is 1. The van der Waals surface area contributed by atoms with E-state index >= 15 is 0 Å². The monoisotopic (exact) mass is 385 g/mol. The first-order valence-corrected chi connectivity index (χ1v) is 9.60. The third-order valence-electron chi connectivity index (χ3n) is 5.59. The van der Waals surface area contributed by atoms with Crippen molar-refractivity contribution in [3.8, 4) is 0 Å². The van der Waals surface area contributed by atoms with Crippen molar-refractivity contribution >= 4 is 29.5 Å². The number of carboxylic acids is 1. The fourth-order valence-corrected chi connectivity index (χ4v) is 5.94. The molecule has 3 aliphatic heterocycles. The van der Waals surface area contributed by atoms with E-state index in [4.69, 9.17) is 5.41 Å². The van der Waals surface area contributed by atoms with Crippen molar-refractivity contribution in [2.75, 3.05) is 13.2 Å². The van der Waals surface area contributed by atoms with Gasteiger partial charge in [-0.05, 0) is 20.3 Å². The number of carboxylic acid groups (broad SMARTS) is 1. The molecule has 3 rings (SSSR count). The first-order chi connectivity index (χ1) is 12.2. The van der Waals surface area contributed by atoms with Gasteiger partial charge >= 0.3 is 5.97 Å². The molecule has 0 aromatic heterocycles. The molecule has 0 saturated carbocycles. The number of alkyl halides is 1. The quantitative estimate of drug-likeness (QED) is 0.374. The minimum absolute atomic E-state index is 0.00350. The van der Waals surface area contributed by atoms with Crippen molar-refractivity contribution in [2.45, 2.75) is 50.6 Å². The predicted molar refractivity (Wildman–Crippen MR) is 95.5 cm³/mol. The van der Waals surface area contributed by atoms with E-state index in [9.17, 15) is 24.2 Å². The summed E-state index contributed by atoms with van der Waals surface area (Å²) < 4.78 is 13.3. The second-order valence-corrected chi connectivity index (χ2v) is 8.64. The zero-order chi connectivity index (χ0) is 19.3. The van der Waals surface area contributed by atoms with Gasteiger partial charge in [-0.25, -0.2) is 9.18 Å². The summed E-state index contributed by atoms with van der Waals surface area (Å²) in [4.78, 5) is 27.8. The molecule has 6 atom stereocenters. The molecular weight excluding hydrogens is 361 g/mol. The van der Waals surface area contributed by atoms with Gasteiger partial charge < -0.3 is 20.0 Å². The number of carbonyl (C=O) groups is 2. The number of hydrogen-bond acceptors (Lipinski definition) is 5. The molecule has 3 aliphatic rings. The number of carbonyl (C=O) groups excluding carboxylic acids is 1. The van der Waals surface area contributed by atoms with E-state index in [0.717, 1.165) is 0 Å². The molecule has 7 nitrogen and oxygen atoms in total. The van der Waals surface area contributed by atoms with Crippen LogP contribution in [0.5, 0.6) is 0 Å². The fraction of sp³-hybridized carbons (Fsp3) is 0.706. The van der Waals surface area contributed by atoms with Crippen LogP contribution in [0, 0.1) is 17.2 Å². The normalized spacial score (nSPS) is 34.8. The molecule has 26 heavy (non-hydrogen) atoms. The topological polar surface area (TPSA) is 105 Å². The third kappa shape index (κ3) is 2.81.